The molecule has 1 atom stereocenters. The number of ether oxygens (including phenoxy) is 1. The van der Waals surface area contributed by atoms with Crippen LogP contribution in [0.2, 0.25) is 0 Å². The highest BCUT2D eigenvalue weighted by atomic mass is 16.5. The molecule has 0 spiro atoms. The molecule has 146 valence electrons. The Labute approximate surface area is 166 Å². The minimum atomic E-state index is -0.00273. The lowest BCUT2D eigenvalue weighted by Crippen LogP contribution is -2.28. The van der Waals surface area contributed by atoms with Crippen LogP contribution in [-0.4, -0.2) is 34.7 Å². The molecule has 1 amide bonds. The summed E-state index contributed by atoms with van der Waals surface area (Å²) in [6.45, 7) is 2.53. The molecular weight excluding hydrogens is 350 g/mol. The van der Waals surface area contributed by atoms with Crippen molar-refractivity contribution in [2.45, 2.75) is 25.8 Å². The molecule has 3 aromatic rings. The van der Waals surface area contributed by atoms with Gasteiger partial charge in [-0.1, -0.05) is 42.5 Å². The third kappa shape index (κ3) is 4.60. The van der Waals surface area contributed by atoms with Gasteiger partial charge >= 0.3 is 0 Å². The van der Waals surface area contributed by atoms with Gasteiger partial charge in [0.05, 0.1) is 12.8 Å². The van der Waals surface area contributed by atoms with Crippen molar-refractivity contribution in [2.75, 3.05) is 14.2 Å². The highest BCUT2D eigenvalue weighted by Gasteiger charge is 2.21. The van der Waals surface area contributed by atoms with Gasteiger partial charge in [0.25, 0.3) is 0 Å². The van der Waals surface area contributed by atoms with E-state index in [4.69, 9.17) is 4.74 Å². The summed E-state index contributed by atoms with van der Waals surface area (Å²) in [5.41, 5.74) is 4.26. The predicted octanol–water partition coefficient (Wildman–Crippen LogP) is 3.92. The summed E-state index contributed by atoms with van der Waals surface area (Å²) in [7, 11) is 5.40. The minimum Gasteiger partial charge on any atom is -0.497 e. The number of carbonyl (C=O) groups excluding carboxylic acids is 1. The zero-order chi connectivity index (χ0) is 20.1. The van der Waals surface area contributed by atoms with Crippen LogP contribution in [0.5, 0.6) is 5.75 Å². The fourth-order valence-corrected chi connectivity index (χ4v) is 3.43. The topological polar surface area (TPSA) is 47.4 Å². The SMILES string of the molecule is COc1ccc([C@@H](CC(=O)N(C)Cc2cn(C)nc2C)c2ccccc2)cc1. The lowest BCUT2D eigenvalue weighted by Gasteiger charge is -2.22. The van der Waals surface area contributed by atoms with E-state index in [2.05, 4.69) is 17.2 Å². The quantitative estimate of drug-likeness (QED) is 0.627. The molecule has 2 aromatic carbocycles. The van der Waals surface area contributed by atoms with Gasteiger partial charge in [-0.05, 0) is 30.2 Å². The van der Waals surface area contributed by atoms with E-state index in [-0.39, 0.29) is 11.8 Å². The van der Waals surface area contributed by atoms with Gasteiger partial charge in [0.1, 0.15) is 5.75 Å². The molecular formula is C23H27N3O2. The molecule has 0 aliphatic heterocycles. The largest absolute Gasteiger partial charge is 0.497 e. The number of methoxy groups -OCH3 is 1. The number of rotatable bonds is 7. The average Bonchev–Trinajstić information content (AvgIpc) is 3.03. The van der Waals surface area contributed by atoms with Crippen LogP contribution in [0.3, 0.4) is 0 Å². The van der Waals surface area contributed by atoms with Gasteiger partial charge in [-0.25, -0.2) is 0 Å². The maximum Gasteiger partial charge on any atom is 0.223 e. The number of hydrogen-bond donors (Lipinski definition) is 0. The molecule has 3 rings (SSSR count). The molecule has 0 radical (unpaired) electrons. The molecule has 5 heteroatoms. The number of hydrogen-bond acceptors (Lipinski definition) is 3. The number of benzene rings is 2. The normalized spacial score (nSPS) is 11.9. The molecule has 0 aliphatic rings. The molecule has 0 saturated carbocycles. The van der Waals surface area contributed by atoms with Crippen LogP contribution in [0.1, 0.15) is 34.7 Å². The van der Waals surface area contributed by atoms with Crippen LogP contribution in [0, 0.1) is 6.92 Å². The van der Waals surface area contributed by atoms with Gasteiger partial charge in [-0.3, -0.25) is 9.48 Å². The van der Waals surface area contributed by atoms with Crippen molar-refractivity contribution in [1.29, 1.82) is 0 Å². The lowest BCUT2D eigenvalue weighted by atomic mass is 9.88. The fourth-order valence-electron chi connectivity index (χ4n) is 3.43. The van der Waals surface area contributed by atoms with Crippen molar-refractivity contribution >= 4 is 5.91 Å². The Bertz CT molecular complexity index is 917. The second kappa shape index (κ2) is 8.74. The minimum absolute atomic E-state index is 0.00273. The van der Waals surface area contributed by atoms with Crippen LogP contribution in [0.15, 0.2) is 60.8 Å². The maximum absolute atomic E-state index is 13.0. The number of aryl methyl sites for hydroxylation is 2. The van der Waals surface area contributed by atoms with Crippen LogP contribution in [0.4, 0.5) is 0 Å². The van der Waals surface area contributed by atoms with Crippen molar-refractivity contribution in [2.24, 2.45) is 7.05 Å². The summed E-state index contributed by atoms with van der Waals surface area (Å²) in [6, 6.07) is 18.1. The molecule has 28 heavy (non-hydrogen) atoms. The first-order chi connectivity index (χ1) is 13.5. The first-order valence-electron chi connectivity index (χ1n) is 9.40. The summed E-state index contributed by atoms with van der Waals surface area (Å²) in [6.07, 6.45) is 2.38. The third-order valence-corrected chi connectivity index (χ3v) is 5.05. The second-order valence-electron chi connectivity index (χ2n) is 7.10. The van der Waals surface area contributed by atoms with E-state index in [1.54, 1.807) is 16.7 Å². The van der Waals surface area contributed by atoms with Gasteiger partial charge in [0.15, 0.2) is 0 Å². The third-order valence-electron chi connectivity index (χ3n) is 5.05. The second-order valence-corrected chi connectivity index (χ2v) is 7.10. The highest BCUT2D eigenvalue weighted by Crippen LogP contribution is 2.30. The monoisotopic (exact) mass is 377 g/mol. The standard InChI is InChI=1S/C23H27N3O2/c1-17-20(16-26(3)24-17)15-25(2)23(27)14-22(18-8-6-5-7-9-18)19-10-12-21(28-4)13-11-19/h5-13,16,22H,14-15H2,1-4H3/t22-/m0/s1. The predicted molar refractivity (Wildman–Crippen MR) is 110 cm³/mol. The lowest BCUT2D eigenvalue weighted by molar-refractivity contribution is -0.130. The molecule has 0 bridgehead atoms. The molecule has 0 unspecified atom stereocenters. The van der Waals surface area contributed by atoms with Crippen molar-refractivity contribution in [1.82, 2.24) is 14.7 Å². The van der Waals surface area contributed by atoms with E-state index >= 15 is 0 Å². The molecule has 0 N–H and O–H groups in total. The summed E-state index contributed by atoms with van der Waals surface area (Å²) < 4.78 is 7.06. The highest BCUT2D eigenvalue weighted by molar-refractivity contribution is 5.77. The summed E-state index contributed by atoms with van der Waals surface area (Å²) >= 11 is 0. The maximum atomic E-state index is 13.0. The molecule has 0 aliphatic carbocycles. The Morgan fingerprint density at radius 1 is 1.11 bits per heavy atom. The molecule has 5 nitrogen and oxygen atoms in total. The van der Waals surface area contributed by atoms with Crippen LogP contribution < -0.4 is 4.74 Å². The zero-order valence-corrected chi connectivity index (χ0v) is 16.9. The fraction of sp³-hybridized carbons (Fsp3) is 0.304. The van der Waals surface area contributed by atoms with Gasteiger partial charge in [-0.2, -0.15) is 5.10 Å². The summed E-state index contributed by atoms with van der Waals surface area (Å²) in [5, 5.41) is 4.36. The van der Waals surface area contributed by atoms with E-state index in [0.717, 1.165) is 28.1 Å². The number of amides is 1. The van der Waals surface area contributed by atoms with E-state index in [0.29, 0.717) is 13.0 Å². The van der Waals surface area contributed by atoms with Gasteiger partial charge < -0.3 is 9.64 Å². The van der Waals surface area contributed by atoms with Crippen molar-refractivity contribution < 1.29 is 9.53 Å². The Hall–Kier alpha value is -3.08. The van der Waals surface area contributed by atoms with Crippen LogP contribution in [0.25, 0.3) is 0 Å². The van der Waals surface area contributed by atoms with Crippen LogP contribution in [-0.2, 0) is 18.4 Å². The van der Waals surface area contributed by atoms with Crippen LogP contribution >= 0.6 is 0 Å². The first kappa shape index (κ1) is 19.7. The Morgan fingerprint density at radius 3 is 2.32 bits per heavy atom. The smallest absolute Gasteiger partial charge is 0.223 e. The van der Waals surface area contributed by atoms with Gasteiger partial charge in [-0.15, -0.1) is 0 Å². The Morgan fingerprint density at radius 2 is 1.75 bits per heavy atom. The zero-order valence-electron chi connectivity index (χ0n) is 16.9. The Kier molecular flexibility index (Phi) is 6.14. The number of aromatic nitrogens is 2. The van der Waals surface area contributed by atoms with Crippen molar-refractivity contribution in [3.63, 3.8) is 0 Å². The molecule has 0 fully saturated rings. The first-order valence-corrected chi connectivity index (χ1v) is 9.40. The van der Waals surface area contributed by atoms with Crippen molar-refractivity contribution in [3.8, 4) is 5.75 Å². The van der Waals surface area contributed by atoms with Gasteiger partial charge in [0, 0.05) is 44.7 Å². The number of carbonyl (C=O) groups is 1. The molecule has 1 aromatic heterocycles. The molecule has 1 heterocycles. The van der Waals surface area contributed by atoms with E-state index in [1.165, 1.54) is 0 Å². The average molecular weight is 377 g/mol. The molecule has 0 saturated heterocycles. The summed E-state index contributed by atoms with van der Waals surface area (Å²) in [4.78, 5) is 14.8. The van der Waals surface area contributed by atoms with E-state index < -0.39 is 0 Å². The Balaban J connectivity index is 1.80. The number of nitrogens with zero attached hydrogens (tertiary/aromatic N) is 3. The van der Waals surface area contributed by atoms with Crippen molar-refractivity contribution in [3.05, 3.63) is 83.2 Å². The van der Waals surface area contributed by atoms with E-state index in [9.17, 15) is 4.79 Å². The van der Waals surface area contributed by atoms with E-state index in [1.807, 2.05) is 69.7 Å². The van der Waals surface area contributed by atoms with Gasteiger partial charge in [0.2, 0.25) is 5.91 Å². The summed E-state index contributed by atoms with van der Waals surface area (Å²) in [5.74, 6) is 0.913.